The van der Waals surface area contributed by atoms with E-state index in [0.717, 1.165) is 5.56 Å². The van der Waals surface area contributed by atoms with Gasteiger partial charge in [-0.2, -0.15) is 0 Å². The minimum Gasteiger partial charge on any atom is -0.398 e. The number of benzene rings is 2. The first-order valence-corrected chi connectivity index (χ1v) is 7.86. The monoisotopic (exact) mass is 347 g/mol. The summed E-state index contributed by atoms with van der Waals surface area (Å²) in [6, 6.07) is 10.3. The van der Waals surface area contributed by atoms with E-state index in [4.69, 9.17) is 28.9 Å². The molecule has 4 nitrogen and oxygen atoms in total. The number of rotatable bonds is 1. The van der Waals surface area contributed by atoms with Crippen molar-refractivity contribution in [2.45, 2.75) is 13.0 Å². The maximum absolute atomic E-state index is 12.5. The minimum atomic E-state index is -0.545. The van der Waals surface area contributed by atoms with Crippen molar-refractivity contribution in [1.82, 2.24) is 0 Å². The predicted octanol–water partition coefficient (Wildman–Crippen LogP) is 3.78. The number of likely N-dealkylation sites (N-methyl/N-ethyl adjacent to an activating group) is 1. The predicted molar refractivity (Wildman–Crippen MR) is 95.8 cm³/mol. The number of nitrogens with zero attached hydrogens (tertiary/aromatic N) is 2. The average Bonchev–Trinajstić information content (AvgIpc) is 2.62. The Balaban J connectivity index is 2.37. The van der Waals surface area contributed by atoms with Crippen molar-refractivity contribution in [3.63, 3.8) is 0 Å². The van der Waals surface area contributed by atoms with Crippen molar-refractivity contribution >= 4 is 46.2 Å². The van der Waals surface area contributed by atoms with Gasteiger partial charge in [-0.15, -0.1) is 0 Å². The van der Waals surface area contributed by atoms with Crippen LogP contribution in [0.25, 0.3) is 0 Å². The fourth-order valence-electron chi connectivity index (χ4n) is 2.66. The van der Waals surface area contributed by atoms with Gasteiger partial charge in [0.15, 0.2) is 0 Å². The molecule has 3 rings (SSSR count). The zero-order chi connectivity index (χ0) is 16.7. The number of fused-ring (bicyclic) bond motifs is 1. The number of benzodiazepines with no additional fused rings is 1. The van der Waals surface area contributed by atoms with Gasteiger partial charge in [-0.1, -0.05) is 41.4 Å². The molecule has 2 aromatic carbocycles. The van der Waals surface area contributed by atoms with Crippen LogP contribution in [0, 0.1) is 0 Å². The van der Waals surface area contributed by atoms with Crippen molar-refractivity contribution in [3.05, 3.63) is 57.6 Å². The Morgan fingerprint density at radius 2 is 1.87 bits per heavy atom. The maximum atomic E-state index is 12.5. The summed E-state index contributed by atoms with van der Waals surface area (Å²) in [7, 11) is 1.70. The smallest absolute Gasteiger partial charge is 0.251 e. The molecule has 0 bridgehead atoms. The normalized spacial score (nSPS) is 17.6. The van der Waals surface area contributed by atoms with Crippen LogP contribution in [0.1, 0.15) is 18.1 Å². The number of nitrogen functional groups attached to an aromatic ring is 1. The number of hydrogen-bond donors (Lipinski definition) is 1. The van der Waals surface area contributed by atoms with Gasteiger partial charge in [0.25, 0.3) is 5.91 Å². The van der Waals surface area contributed by atoms with E-state index in [0.29, 0.717) is 32.7 Å². The summed E-state index contributed by atoms with van der Waals surface area (Å²) < 4.78 is 0. The van der Waals surface area contributed by atoms with Gasteiger partial charge in [0.05, 0.1) is 22.1 Å². The molecule has 2 aromatic rings. The van der Waals surface area contributed by atoms with Crippen molar-refractivity contribution in [3.8, 4) is 0 Å². The third kappa shape index (κ3) is 2.58. The molecule has 1 aliphatic rings. The van der Waals surface area contributed by atoms with E-state index in [1.165, 1.54) is 0 Å². The van der Waals surface area contributed by atoms with Gasteiger partial charge >= 0.3 is 0 Å². The van der Waals surface area contributed by atoms with Crippen LogP contribution in [-0.2, 0) is 4.79 Å². The minimum absolute atomic E-state index is 0.117. The van der Waals surface area contributed by atoms with Gasteiger partial charge in [0, 0.05) is 23.2 Å². The molecule has 2 N–H and O–H groups in total. The highest BCUT2D eigenvalue weighted by molar-refractivity contribution is 6.41. The van der Waals surface area contributed by atoms with Crippen LogP contribution in [0.15, 0.2) is 41.4 Å². The van der Waals surface area contributed by atoms with E-state index in [1.54, 1.807) is 37.1 Å². The summed E-state index contributed by atoms with van der Waals surface area (Å²) in [6.07, 6.45) is 0. The van der Waals surface area contributed by atoms with Crippen molar-refractivity contribution in [1.29, 1.82) is 0 Å². The number of anilines is 2. The largest absolute Gasteiger partial charge is 0.398 e. The van der Waals surface area contributed by atoms with Crippen LogP contribution in [0.4, 0.5) is 11.4 Å². The lowest BCUT2D eigenvalue weighted by molar-refractivity contribution is -0.119. The van der Waals surface area contributed by atoms with Gasteiger partial charge in [-0.3, -0.25) is 9.79 Å². The number of hydrogen-bond acceptors (Lipinski definition) is 3. The molecule has 118 valence electrons. The summed E-state index contributed by atoms with van der Waals surface area (Å²) in [5.74, 6) is -0.117. The summed E-state index contributed by atoms with van der Waals surface area (Å²) in [6.45, 7) is 1.75. The Labute approximate surface area is 144 Å². The number of aliphatic imine (C=N–C) groups is 1. The number of amides is 1. The Morgan fingerprint density at radius 3 is 2.57 bits per heavy atom. The van der Waals surface area contributed by atoms with Gasteiger partial charge < -0.3 is 10.6 Å². The maximum Gasteiger partial charge on any atom is 0.251 e. The zero-order valence-corrected chi connectivity index (χ0v) is 14.2. The number of carbonyl (C=O) groups excluding carboxylic acids is 1. The quantitative estimate of drug-likeness (QED) is 0.798. The second kappa shape index (κ2) is 5.87. The van der Waals surface area contributed by atoms with E-state index < -0.39 is 6.04 Å². The molecule has 0 aromatic heterocycles. The first-order chi connectivity index (χ1) is 10.9. The summed E-state index contributed by atoms with van der Waals surface area (Å²) in [5, 5.41) is 0.912. The van der Waals surface area contributed by atoms with E-state index in [2.05, 4.69) is 4.99 Å². The topological polar surface area (TPSA) is 58.7 Å². The third-order valence-corrected chi connectivity index (χ3v) is 4.62. The van der Waals surface area contributed by atoms with E-state index in [-0.39, 0.29) is 5.91 Å². The Hall–Kier alpha value is -2.04. The molecule has 1 atom stereocenters. The second-order valence-electron chi connectivity index (χ2n) is 5.39. The Bertz CT molecular complexity index is 833. The molecular weight excluding hydrogens is 333 g/mol. The molecule has 0 saturated carbocycles. The van der Waals surface area contributed by atoms with Crippen LogP contribution in [-0.4, -0.2) is 24.7 Å². The standard InChI is InChI=1S/C17H15Cl2N3O/c1-9-17(23)22(2)13-8-7-12(20)15(19)14(13)16(21-9)10-5-3-4-6-11(10)18/h3-9H,20H2,1-2H3. The molecule has 0 radical (unpaired) electrons. The molecule has 6 heteroatoms. The number of carbonyl (C=O) groups is 1. The molecular formula is C17H15Cl2N3O. The van der Waals surface area contributed by atoms with Gasteiger partial charge in [-0.05, 0) is 25.1 Å². The van der Waals surface area contributed by atoms with E-state index in [1.807, 2.05) is 18.2 Å². The first kappa shape index (κ1) is 15.8. The lowest BCUT2D eigenvalue weighted by Crippen LogP contribution is -2.33. The summed E-state index contributed by atoms with van der Waals surface area (Å²) >= 11 is 12.8. The lowest BCUT2D eigenvalue weighted by Gasteiger charge is -2.20. The van der Waals surface area contributed by atoms with Crippen molar-refractivity contribution in [2.75, 3.05) is 17.7 Å². The van der Waals surface area contributed by atoms with E-state index >= 15 is 0 Å². The molecule has 0 aliphatic carbocycles. The Morgan fingerprint density at radius 1 is 1.17 bits per heavy atom. The van der Waals surface area contributed by atoms with Gasteiger partial charge in [-0.25, -0.2) is 0 Å². The van der Waals surface area contributed by atoms with Crippen LogP contribution >= 0.6 is 23.2 Å². The number of halogens is 2. The molecule has 1 amide bonds. The highest BCUT2D eigenvalue weighted by Crippen LogP contribution is 2.37. The van der Waals surface area contributed by atoms with Crippen molar-refractivity contribution < 1.29 is 4.79 Å². The van der Waals surface area contributed by atoms with E-state index in [9.17, 15) is 4.79 Å². The van der Waals surface area contributed by atoms with Gasteiger partial charge in [0.1, 0.15) is 6.04 Å². The highest BCUT2D eigenvalue weighted by Gasteiger charge is 2.30. The highest BCUT2D eigenvalue weighted by atomic mass is 35.5. The fraction of sp³-hybridized carbons (Fsp3) is 0.176. The first-order valence-electron chi connectivity index (χ1n) is 7.10. The average molecular weight is 348 g/mol. The SMILES string of the molecule is CC1N=C(c2ccccc2Cl)c2c(ccc(N)c2Cl)N(C)C1=O. The zero-order valence-electron chi connectivity index (χ0n) is 12.7. The number of nitrogens with two attached hydrogens (primary N) is 1. The van der Waals surface area contributed by atoms with Crippen LogP contribution in [0.3, 0.4) is 0 Å². The van der Waals surface area contributed by atoms with Crippen LogP contribution in [0.5, 0.6) is 0 Å². The van der Waals surface area contributed by atoms with Crippen LogP contribution in [0.2, 0.25) is 10.0 Å². The molecule has 1 heterocycles. The molecule has 0 spiro atoms. The Kier molecular flexibility index (Phi) is 4.04. The summed E-state index contributed by atoms with van der Waals surface area (Å²) in [5.41, 5.74) is 8.98. The fourth-order valence-corrected chi connectivity index (χ4v) is 3.13. The molecule has 23 heavy (non-hydrogen) atoms. The van der Waals surface area contributed by atoms with Crippen LogP contribution < -0.4 is 10.6 Å². The lowest BCUT2D eigenvalue weighted by atomic mass is 9.99. The summed E-state index contributed by atoms with van der Waals surface area (Å²) in [4.78, 5) is 18.6. The molecule has 1 aliphatic heterocycles. The van der Waals surface area contributed by atoms with Crippen molar-refractivity contribution in [2.24, 2.45) is 4.99 Å². The molecule has 1 unspecified atom stereocenters. The third-order valence-electron chi connectivity index (χ3n) is 3.89. The molecule has 0 fully saturated rings. The molecule has 0 saturated heterocycles. The van der Waals surface area contributed by atoms with Gasteiger partial charge in [0.2, 0.25) is 0 Å². The second-order valence-corrected chi connectivity index (χ2v) is 6.18.